The Labute approximate surface area is 98.0 Å². The second-order valence-electron chi connectivity index (χ2n) is 3.71. The van der Waals surface area contributed by atoms with Crippen LogP contribution in [0.2, 0.25) is 0 Å². The first-order valence-corrected chi connectivity index (χ1v) is 5.30. The Kier molecular flexibility index (Phi) is 3.10. The van der Waals surface area contributed by atoms with Crippen LogP contribution in [-0.2, 0) is 14.3 Å². The quantitative estimate of drug-likeness (QED) is 0.487. The largest absolute Gasteiger partial charge is 0.479 e. The zero-order valence-corrected chi connectivity index (χ0v) is 9.25. The Bertz CT molecular complexity index is 437. The number of ether oxygens (including phenoxy) is 2. The van der Waals surface area contributed by atoms with Gasteiger partial charge in [-0.05, 0) is 17.7 Å². The number of carbonyl (C=O) groups excluding carboxylic acids is 1. The molecule has 0 unspecified atom stereocenters. The van der Waals surface area contributed by atoms with Crippen molar-refractivity contribution in [2.24, 2.45) is 0 Å². The van der Waals surface area contributed by atoms with Crippen molar-refractivity contribution in [2.45, 2.75) is 25.6 Å². The van der Waals surface area contributed by atoms with Crippen molar-refractivity contribution in [3.63, 3.8) is 0 Å². The van der Waals surface area contributed by atoms with Crippen LogP contribution in [0.4, 0.5) is 0 Å². The smallest absolute Gasteiger partial charge is 0.335 e. The van der Waals surface area contributed by atoms with E-state index in [1.54, 1.807) is 31.2 Å². The summed E-state index contributed by atoms with van der Waals surface area (Å²) < 4.78 is 10.00. The van der Waals surface area contributed by atoms with Gasteiger partial charge >= 0.3 is 11.9 Å². The van der Waals surface area contributed by atoms with Gasteiger partial charge in [0.15, 0.2) is 6.10 Å². The van der Waals surface area contributed by atoms with E-state index >= 15 is 0 Å². The highest BCUT2D eigenvalue weighted by molar-refractivity contribution is 5.76. The number of carbonyl (C=O) groups is 2. The topological polar surface area (TPSA) is 76.1 Å². The Morgan fingerprint density at radius 1 is 1.35 bits per heavy atom. The standard InChI is InChI=1S/C12H12O5/c1-2-9(13)16-8-5-3-7(4-6-8)10-11(17-10)12(14)15/h3-6,10-11H,2H2,1H3,(H,14,15)/t10-,11+/m0/s1. The van der Waals surface area contributed by atoms with Gasteiger partial charge in [-0.1, -0.05) is 19.1 Å². The summed E-state index contributed by atoms with van der Waals surface area (Å²) >= 11 is 0. The fraction of sp³-hybridized carbons (Fsp3) is 0.333. The fourth-order valence-electron chi connectivity index (χ4n) is 1.48. The number of benzene rings is 1. The monoisotopic (exact) mass is 236 g/mol. The molecule has 1 aliphatic rings. The summed E-state index contributed by atoms with van der Waals surface area (Å²) in [5.41, 5.74) is 0.772. The van der Waals surface area contributed by atoms with Crippen LogP contribution in [0.3, 0.4) is 0 Å². The molecule has 5 nitrogen and oxygen atoms in total. The van der Waals surface area contributed by atoms with Crippen molar-refractivity contribution in [3.8, 4) is 5.75 Å². The molecule has 1 aromatic carbocycles. The summed E-state index contributed by atoms with van der Waals surface area (Å²) in [7, 11) is 0. The van der Waals surface area contributed by atoms with Gasteiger partial charge in [0.1, 0.15) is 11.9 Å². The van der Waals surface area contributed by atoms with Crippen LogP contribution >= 0.6 is 0 Å². The van der Waals surface area contributed by atoms with Crippen molar-refractivity contribution >= 4 is 11.9 Å². The van der Waals surface area contributed by atoms with Crippen LogP contribution in [0, 0.1) is 0 Å². The lowest BCUT2D eigenvalue weighted by Gasteiger charge is -2.02. The van der Waals surface area contributed by atoms with Crippen LogP contribution < -0.4 is 4.74 Å². The number of epoxide rings is 1. The zero-order valence-electron chi connectivity index (χ0n) is 9.25. The van der Waals surface area contributed by atoms with E-state index in [-0.39, 0.29) is 12.1 Å². The third-order valence-electron chi connectivity index (χ3n) is 2.46. The maximum atomic E-state index is 11.0. The molecule has 5 heteroatoms. The van der Waals surface area contributed by atoms with Crippen LogP contribution in [0.25, 0.3) is 0 Å². The summed E-state index contributed by atoms with van der Waals surface area (Å²) in [5.74, 6) is -0.812. The molecule has 1 aliphatic heterocycles. The molecule has 1 aromatic rings. The molecular formula is C12H12O5. The highest BCUT2D eigenvalue weighted by Crippen LogP contribution is 2.39. The van der Waals surface area contributed by atoms with E-state index in [0.717, 1.165) is 5.56 Å². The van der Waals surface area contributed by atoms with Crippen molar-refractivity contribution in [3.05, 3.63) is 29.8 Å². The maximum Gasteiger partial charge on any atom is 0.335 e. The molecule has 0 aliphatic carbocycles. The zero-order chi connectivity index (χ0) is 12.4. The van der Waals surface area contributed by atoms with E-state index in [4.69, 9.17) is 14.6 Å². The number of rotatable bonds is 4. The average molecular weight is 236 g/mol. The number of carboxylic acid groups (broad SMARTS) is 1. The van der Waals surface area contributed by atoms with Crippen LogP contribution in [0.15, 0.2) is 24.3 Å². The summed E-state index contributed by atoms with van der Waals surface area (Å²) in [4.78, 5) is 21.6. The molecule has 0 saturated carbocycles. The van der Waals surface area contributed by atoms with Gasteiger partial charge in [0, 0.05) is 6.42 Å². The van der Waals surface area contributed by atoms with E-state index in [9.17, 15) is 9.59 Å². The van der Waals surface area contributed by atoms with Gasteiger partial charge in [0.05, 0.1) is 0 Å². The first-order valence-electron chi connectivity index (χ1n) is 5.30. The molecule has 2 rings (SSSR count). The number of hydrogen-bond donors (Lipinski definition) is 1. The van der Waals surface area contributed by atoms with Gasteiger partial charge in [0.25, 0.3) is 0 Å². The van der Waals surface area contributed by atoms with Gasteiger partial charge < -0.3 is 14.6 Å². The lowest BCUT2D eigenvalue weighted by atomic mass is 10.1. The van der Waals surface area contributed by atoms with E-state index in [0.29, 0.717) is 12.2 Å². The Morgan fingerprint density at radius 3 is 2.47 bits per heavy atom. The molecule has 0 bridgehead atoms. The highest BCUT2D eigenvalue weighted by atomic mass is 16.6. The molecule has 0 amide bonds. The minimum Gasteiger partial charge on any atom is -0.479 e. The van der Waals surface area contributed by atoms with E-state index < -0.39 is 12.1 Å². The molecule has 0 spiro atoms. The van der Waals surface area contributed by atoms with E-state index in [1.807, 2.05) is 0 Å². The average Bonchev–Trinajstić information content (AvgIpc) is 3.10. The lowest BCUT2D eigenvalue weighted by Crippen LogP contribution is -2.06. The Hall–Kier alpha value is -1.88. The summed E-state index contributed by atoms with van der Waals surface area (Å²) in [5, 5.41) is 8.70. The molecule has 1 N–H and O–H groups in total. The van der Waals surface area contributed by atoms with E-state index in [1.165, 1.54) is 0 Å². The number of esters is 1. The normalized spacial score (nSPS) is 21.9. The first kappa shape index (κ1) is 11.6. The fourth-order valence-corrected chi connectivity index (χ4v) is 1.48. The predicted octanol–water partition coefficient (Wildman–Crippen LogP) is 1.53. The Balaban J connectivity index is 1.99. The van der Waals surface area contributed by atoms with Gasteiger partial charge in [-0.3, -0.25) is 4.79 Å². The van der Waals surface area contributed by atoms with E-state index in [2.05, 4.69) is 0 Å². The summed E-state index contributed by atoms with van der Waals surface area (Å²) in [6.07, 6.45) is -0.823. The molecule has 1 fully saturated rings. The Morgan fingerprint density at radius 2 is 2.00 bits per heavy atom. The van der Waals surface area contributed by atoms with Crippen molar-refractivity contribution in [1.29, 1.82) is 0 Å². The maximum absolute atomic E-state index is 11.0. The van der Waals surface area contributed by atoms with Crippen LogP contribution in [0.5, 0.6) is 5.75 Å². The number of hydrogen-bond acceptors (Lipinski definition) is 4. The van der Waals surface area contributed by atoms with Gasteiger partial charge in [-0.15, -0.1) is 0 Å². The second-order valence-corrected chi connectivity index (χ2v) is 3.71. The van der Waals surface area contributed by atoms with Crippen molar-refractivity contribution in [1.82, 2.24) is 0 Å². The predicted molar refractivity (Wildman–Crippen MR) is 57.6 cm³/mol. The molecule has 0 radical (unpaired) electrons. The van der Waals surface area contributed by atoms with Crippen LogP contribution in [-0.4, -0.2) is 23.1 Å². The molecule has 90 valence electrons. The molecule has 1 heterocycles. The molecule has 17 heavy (non-hydrogen) atoms. The third-order valence-corrected chi connectivity index (χ3v) is 2.46. The summed E-state index contributed by atoms with van der Waals surface area (Å²) in [6, 6.07) is 6.66. The van der Waals surface area contributed by atoms with Gasteiger partial charge in [0.2, 0.25) is 0 Å². The third kappa shape index (κ3) is 2.62. The lowest BCUT2D eigenvalue weighted by molar-refractivity contribution is -0.138. The number of carboxylic acids is 1. The highest BCUT2D eigenvalue weighted by Gasteiger charge is 2.46. The second kappa shape index (κ2) is 4.55. The minimum absolute atomic E-state index is 0.302. The SMILES string of the molecule is CCC(=O)Oc1ccc([C@@H]2O[C@H]2C(=O)O)cc1. The van der Waals surface area contributed by atoms with Crippen molar-refractivity contribution in [2.75, 3.05) is 0 Å². The minimum atomic E-state index is -0.962. The van der Waals surface area contributed by atoms with Crippen molar-refractivity contribution < 1.29 is 24.2 Å². The van der Waals surface area contributed by atoms with Gasteiger partial charge in [-0.2, -0.15) is 0 Å². The molecular weight excluding hydrogens is 224 g/mol. The summed E-state index contributed by atoms with van der Waals surface area (Å²) in [6.45, 7) is 1.71. The van der Waals surface area contributed by atoms with Crippen LogP contribution in [0.1, 0.15) is 25.0 Å². The number of aliphatic carboxylic acids is 1. The molecule has 0 aromatic heterocycles. The molecule has 2 atom stereocenters. The first-order chi connectivity index (χ1) is 8.11. The van der Waals surface area contributed by atoms with Gasteiger partial charge in [-0.25, -0.2) is 4.79 Å². The molecule has 1 saturated heterocycles.